The lowest BCUT2D eigenvalue weighted by atomic mass is 9.97. The fraction of sp³-hybridized carbons (Fsp3) is 0.250. The highest BCUT2D eigenvalue weighted by Gasteiger charge is 2.22. The van der Waals surface area contributed by atoms with Crippen LogP contribution in [-0.4, -0.2) is 28.2 Å². The molecule has 1 aliphatic rings. The van der Waals surface area contributed by atoms with E-state index in [4.69, 9.17) is 5.73 Å². The summed E-state index contributed by atoms with van der Waals surface area (Å²) in [6, 6.07) is 6.41. The average Bonchev–Trinajstić information content (AvgIpc) is 3.09. The van der Waals surface area contributed by atoms with Gasteiger partial charge in [0.05, 0.1) is 5.71 Å². The van der Waals surface area contributed by atoms with Gasteiger partial charge in [-0.2, -0.15) is 0 Å². The fourth-order valence-electron chi connectivity index (χ4n) is 3.17. The summed E-state index contributed by atoms with van der Waals surface area (Å²) in [6.07, 6.45) is 9.80. The van der Waals surface area contributed by atoms with Crippen molar-refractivity contribution in [2.24, 2.45) is 10.7 Å². The molecule has 1 aliphatic carbocycles. The van der Waals surface area contributed by atoms with Crippen molar-refractivity contribution in [1.29, 1.82) is 0 Å². The largest absolute Gasteiger partial charge is 0.394 e. The zero-order chi connectivity index (χ0) is 18.5. The lowest BCUT2D eigenvalue weighted by Gasteiger charge is -2.13. The molecule has 5 nitrogen and oxygen atoms in total. The summed E-state index contributed by atoms with van der Waals surface area (Å²) in [4.78, 5) is 20.9. The minimum Gasteiger partial charge on any atom is -0.394 e. The number of benzene rings is 1. The van der Waals surface area contributed by atoms with E-state index in [1.54, 1.807) is 19.3 Å². The van der Waals surface area contributed by atoms with Gasteiger partial charge in [0, 0.05) is 25.0 Å². The van der Waals surface area contributed by atoms with Gasteiger partial charge in [-0.1, -0.05) is 12.1 Å². The molecule has 1 saturated carbocycles. The van der Waals surface area contributed by atoms with Crippen LogP contribution in [0, 0.1) is 5.82 Å². The van der Waals surface area contributed by atoms with Crippen molar-refractivity contribution in [2.45, 2.75) is 25.7 Å². The van der Waals surface area contributed by atoms with E-state index in [9.17, 15) is 9.18 Å². The van der Waals surface area contributed by atoms with Crippen molar-refractivity contribution in [2.75, 3.05) is 7.05 Å². The molecule has 1 heterocycles. The number of hydrogen-bond donors (Lipinski definition) is 1. The minimum atomic E-state index is -0.314. The second-order valence-corrected chi connectivity index (χ2v) is 6.17. The van der Waals surface area contributed by atoms with E-state index in [-0.39, 0.29) is 17.4 Å². The van der Waals surface area contributed by atoms with E-state index in [0.717, 1.165) is 41.7 Å². The van der Waals surface area contributed by atoms with Crippen molar-refractivity contribution in [3.63, 3.8) is 0 Å². The Bertz CT molecular complexity index is 894. The molecule has 0 aliphatic heterocycles. The highest BCUT2D eigenvalue weighted by Crippen LogP contribution is 2.28. The first-order valence-electron chi connectivity index (χ1n) is 8.55. The molecule has 0 amide bonds. The van der Waals surface area contributed by atoms with Crippen molar-refractivity contribution >= 4 is 17.7 Å². The molecule has 0 unspecified atom stereocenters. The second kappa shape index (κ2) is 7.91. The van der Waals surface area contributed by atoms with Crippen LogP contribution in [0.1, 0.15) is 36.0 Å². The molecule has 1 aromatic carbocycles. The van der Waals surface area contributed by atoms with Crippen LogP contribution in [0.25, 0.3) is 6.08 Å². The summed E-state index contributed by atoms with van der Waals surface area (Å²) in [5, 5.41) is 0. The Kier molecular flexibility index (Phi) is 5.41. The SMILES string of the molecule is CN=C1C(=Cc2cccc(F)c2)CCCCC1=C(N)C(=O)n1ccnc1. The van der Waals surface area contributed by atoms with Gasteiger partial charge >= 0.3 is 0 Å². The number of allylic oxidation sites excluding steroid dienone is 3. The maximum atomic E-state index is 13.5. The summed E-state index contributed by atoms with van der Waals surface area (Å²) < 4.78 is 14.9. The van der Waals surface area contributed by atoms with Crippen LogP contribution in [0.15, 0.2) is 64.8 Å². The van der Waals surface area contributed by atoms with Crippen LogP contribution in [0.5, 0.6) is 0 Å². The standard InChI is InChI=1S/C20H21FN4O/c1-23-19-15(11-14-5-4-7-16(21)12-14)6-2-3-8-17(19)18(22)20(26)25-10-9-24-13-25/h4-5,7,9-13H,2-3,6,8,22H2,1H3. The molecule has 3 rings (SSSR count). The average molecular weight is 352 g/mol. The molecule has 2 aromatic rings. The maximum absolute atomic E-state index is 13.5. The molecule has 2 N–H and O–H groups in total. The molecule has 0 bridgehead atoms. The summed E-state index contributed by atoms with van der Waals surface area (Å²) in [5.74, 6) is -0.598. The van der Waals surface area contributed by atoms with E-state index in [2.05, 4.69) is 9.98 Å². The Balaban J connectivity index is 2.03. The van der Waals surface area contributed by atoms with Crippen molar-refractivity contribution < 1.29 is 9.18 Å². The molecule has 26 heavy (non-hydrogen) atoms. The molecule has 0 radical (unpaired) electrons. The van der Waals surface area contributed by atoms with Gasteiger partial charge in [-0.25, -0.2) is 9.37 Å². The lowest BCUT2D eigenvalue weighted by Crippen LogP contribution is -2.23. The van der Waals surface area contributed by atoms with Gasteiger partial charge in [-0.3, -0.25) is 14.4 Å². The third kappa shape index (κ3) is 3.79. The van der Waals surface area contributed by atoms with Crippen LogP contribution < -0.4 is 5.73 Å². The normalized spacial score (nSPS) is 20.2. The van der Waals surface area contributed by atoms with E-state index < -0.39 is 0 Å². The van der Waals surface area contributed by atoms with E-state index in [0.29, 0.717) is 6.42 Å². The first-order valence-corrected chi connectivity index (χ1v) is 8.55. The van der Waals surface area contributed by atoms with E-state index in [1.807, 2.05) is 12.1 Å². The Morgan fingerprint density at radius 3 is 2.85 bits per heavy atom. The zero-order valence-electron chi connectivity index (χ0n) is 14.7. The summed E-state index contributed by atoms with van der Waals surface area (Å²) in [6.45, 7) is 0. The second-order valence-electron chi connectivity index (χ2n) is 6.17. The van der Waals surface area contributed by atoms with Gasteiger partial charge in [0.25, 0.3) is 5.91 Å². The van der Waals surface area contributed by atoms with Crippen molar-refractivity contribution in [3.8, 4) is 0 Å². The van der Waals surface area contributed by atoms with Crippen LogP contribution in [0.3, 0.4) is 0 Å². The smallest absolute Gasteiger partial charge is 0.279 e. The molecule has 134 valence electrons. The maximum Gasteiger partial charge on any atom is 0.279 e. The number of nitrogens with zero attached hydrogens (tertiary/aromatic N) is 3. The summed E-state index contributed by atoms with van der Waals surface area (Å²) >= 11 is 0. The van der Waals surface area contributed by atoms with Crippen molar-refractivity contribution in [3.05, 3.63) is 71.2 Å². The van der Waals surface area contributed by atoms with E-state index >= 15 is 0 Å². The van der Waals surface area contributed by atoms with Crippen LogP contribution in [0.2, 0.25) is 0 Å². The van der Waals surface area contributed by atoms with Gasteiger partial charge in [0.15, 0.2) is 0 Å². The predicted molar refractivity (Wildman–Crippen MR) is 100 cm³/mol. The third-order valence-corrected chi connectivity index (χ3v) is 4.42. The number of hydrogen-bond acceptors (Lipinski definition) is 4. The number of halogens is 1. The van der Waals surface area contributed by atoms with Gasteiger partial charge in [0.1, 0.15) is 17.8 Å². The fourth-order valence-corrected chi connectivity index (χ4v) is 3.17. The first-order chi connectivity index (χ1) is 12.6. The van der Waals surface area contributed by atoms with Gasteiger partial charge in [-0.15, -0.1) is 0 Å². The Labute approximate surface area is 151 Å². The molecule has 0 saturated heterocycles. The minimum absolute atomic E-state index is 0.177. The van der Waals surface area contributed by atoms with E-state index in [1.165, 1.54) is 29.2 Å². The first kappa shape index (κ1) is 17.8. The summed E-state index contributed by atoms with van der Waals surface area (Å²) in [7, 11) is 1.69. The molecule has 1 fully saturated rings. The third-order valence-electron chi connectivity index (χ3n) is 4.42. The number of carbonyl (C=O) groups excluding carboxylic acids is 1. The molecular formula is C20H21FN4O. The van der Waals surface area contributed by atoms with Gasteiger partial charge in [0.2, 0.25) is 0 Å². The Hall–Kier alpha value is -3.02. The number of rotatable bonds is 2. The van der Waals surface area contributed by atoms with Crippen LogP contribution in [0.4, 0.5) is 4.39 Å². The van der Waals surface area contributed by atoms with Crippen LogP contribution >= 0.6 is 0 Å². The summed E-state index contributed by atoms with van der Waals surface area (Å²) in [5.41, 5.74) is 9.58. The molecule has 6 heteroatoms. The Morgan fingerprint density at radius 1 is 1.35 bits per heavy atom. The number of aromatic nitrogens is 2. The predicted octanol–water partition coefficient (Wildman–Crippen LogP) is 3.60. The molecular weight excluding hydrogens is 331 g/mol. The van der Waals surface area contributed by atoms with Crippen LogP contribution in [-0.2, 0) is 0 Å². The number of carbonyl (C=O) groups is 1. The zero-order valence-corrected chi connectivity index (χ0v) is 14.7. The highest BCUT2D eigenvalue weighted by molar-refractivity contribution is 6.18. The molecule has 1 aromatic heterocycles. The highest BCUT2D eigenvalue weighted by atomic mass is 19.1. The Morgan fingerprint density at radius 2 is 2.15 bits per heavy atom. The molecule has 0 atom stereocenters. The quantitative estimate of drug-likeness (QED) is 0.663. The lowest BCUT2D eigenvalue weighted by molar-refractivity contribution is 0.0952. The van der Waals surface area contributed by atoms with Crippen molar-refractivity contribution in [1.82, 2.24) is 9.55 Å². The number of nitrogens with two attached hydrogens (primary N) is 1. The molecule has 0 spiro atoms. The monoisotopic (exact) mass is 352 g/mol. The number of imidazole rings is 1. The number of aliphatic imine (C=N–C) groups is 1. The van der Waals surface area contributed by atoms with Gasteiger partial charge in [-0.05, 0) is 55.0 Å². The topological polar surface area (TPSA) is 73.3 Å². The van der Waals surface area contributed by atoms with Gasteiger partial charge < -0.3 is 5.73 Å².